The van der Waals surface area contributed by atoms with Crippen LogP contribution in [0.2, 0.25) is 0 Å². The summed E-state index contributed by atoms with van der Waals surface area (Å²) in [5.41, 5.74) is 0. The summed E-state index contributed by atoms with van der Waals surface area (Å²) in [6.45, 7) is 1.55. The summed E-state index contributed by atoms with van der Waals surface area (Å²) in [6, 6.07) is 3.63. The van der Waals surface area contributed by atoms with E-state index in [2.05, 4.69) is 15.6 Å². The van der Waals surface area contributed by atoms with Gasteiger partial charge in [-0.3, -0.25) is 4.79 Å². The van der Waals surface area contributed by atoms with Crippen LogP contribution in [0.25, 0.3) is 10.8 Å². The third-order valence-corrected chi connectivity index (χ3v) is 3.36. The fourth-order valence-electron chi connectivity index (χ4n) is 1.45. The van der Waals surface area contributed by atoms with Crippen LogP contribution in [0.1, 0.15) is 16.1 Å². The molecule has 0 unspecified atom stereocenters. The van der Waals surface area contributed by atoms with Crippen molar-refractivity contribution in [1.82, 2.24) is 15.6 Å². The van der Waals surface area contributed by atoms with Gasteiger partial charge in [-0.2, -0.15) is 0 Å². The van der Waals surface area contributed by atoms with Gasteiger partial charge in [0.25, 0.3) is 5.91 Å². The van der Waals surface area contributed by atoms with Crippen molar-refractivity contribution >= 4 is 42.1 Å². The molecule has 1 amide bonds. The van der Waals surface area contributed by atoms with Crippen molar-refractivity contribution in [3.05, 3.63) is 29.5 Å². The number of thiazole rings is 1. The largest absolute Gasteiger partial charge is 0.462 e. The summed E-state index contributed by atoms with van der Waals surface area (Å²) in [5.74, 6) is 0.607. The molecule has 2 aromatic heterocycles. The number of carbonyl (C=O) groups excluding carboxylic acids is 1. The van der Waals surface area contributed by atoms with Gasteiger partial charge < -0.3 is 15.1 Å². The number of aromatic nitrogens is 1. The van der Waals surface area contributed by atoms with E-state index in [4.69, 9.17) is 4.42 Å². The van der Waals surface area contributed by atoms with Crippen LogP contribution in [-0.4, -0.2) is 31.0 Å². The van der Waals surface area contributed by atoms with Crippen molar-refractivity contribution in [1.29, 1.82) is 0 Å². The molecule has 2 aromatic rings. The van der Waals surface area contributed by atoms with Crippen molar-refractivity contribution in [2.75, 3.05) is 20.1 Å². The van der Waals surface area contributed by atoms with Gasteiger partial charge in [0.2, 0.25) is 0 Å². The Morgan fingerprint density at radius 1 is 1.40 bits per heavy atom. The third-order valence-electron chi connectivity index (χ3n) is 2.35. The zero-order valence-corrected chi connectivity index (χ0v) is 13.4. The summed E-state index contributed by atoms with van der Waals surface area (Å²) in [5, 5.41) is 6.61. The average molecular weight is 338 g/mol. The monoisotopic (exact) mass is 337 g/mol. The van der Waals surface area contributed by atoms with Gasteiger partial charge in [-0.25, -0.2) is 4.98 Å². The Labute approximate surface area is 134 Å². The van der Waals surface area contributed by atoms with Gasteiger partial charge in [0, 0.05) is 6.54 Å². The Hall–Kier alpha value is -1.08. The normalized spacial score (nSPS) is 9.45. The fraction of sp³-hybridized carbons (Fsp3) is 0.333. The Morgan fingerprint density at radius 2 is 2.20 bits per heavy atom. The molecule has 0 saturated heterocycles. The number of rotatable bonds is 6. The van der Waals surface area contributed by atoms with Gasteiger partial charge in [0.05, 0.1) is 12.5 Å². The second-order valence-corrected chi connectivity index (χ2v) is 4.75. The lowest BCUT2D eigenvalue weighted by molar-refractivity contribution is 0.0957. The smallest absolute Gasteiger partial charge is 0.263 e. The first-order valence-electron chi connectivity index (χ1n) is 5.74. The fourth-order valence-corrected chi connectivity index (χ4v) is 2.25. The van der Waals surface area contributed by atoms with Crippen LogP contribution in [0.15, 0.2) is 29.0 Å². The number of hydrogen-bond donors (Lipinski definition) is 2. The summed E-state index contributed by atoms with van der Waals surface area (Å²) in [4.78, 5) is 16.6. The highest BCUT2D eigenvalue weighted by Crippen LogP contribution is 2.25. The number of halogens is 2. The van der Waals surface area contributed by atoms with Gasteiger partial charge in [-0.1, -0.05) is 0 Å². The van der Waals surface area contributed by atoms with Crippen LogP contribution in [0.5, 0.6) is 0 Å². The first-order chi connectivity index (χ1) is 8.81. The van der Waals surface area contributed by atoms with Crippen LogP contribution in [0.3, 0.4) is 0 Å². The van der Waals surface area contributed by atoms with Crippen LogP contribution < -0.4 is 10.6 Å². The second-order valence-electron chi connectivity index (χ2n) is 3.72. The highest BCUT2D eigenvalue weighted by atomic mass is 35.5. The molecule has 0 atom stereocenters. The van der Waals surface area contributed by atoms with Crippen molar-refractivity contribution in [2.24, 2.45) is 0 Å². The molecule has 2 N–H and O–H groups in total. The highest BCUT2D eigenvalue weighted by molar-refractivity contribution is 7.16. The highest BCUT2D eigenvalue weighted by Gasteiger charge is 2.12. The first kappa shape index (κ1) is 18.9. The van der Waals surface area contributed by atoms with Crippen molar-refractivity contribution in [3.63, 3.8) is 0 Å². The number of nitrogens with one attached hydrogen (secondary N) is 2. The Morgan fingerprint density at radius 3 is 2.85 bits per heavy atom. The molecule has 0 fully saturated rings. The molecular formula is C12H17Cl2N3O2S. The van der Waals surface area contributed by atoms with E-state index in [0.29, 0.717) is 17.2 Å². The minimum absolute atomic E-state index is 0. The van der Waals surface area contributed by atoms with Crippen LogP contribution in [0.4, 0.5) is 0 Å². The van der Waals surface area contributed by atoms with Gasteiger partial charge >= 0.3 is 0 Å². The van der Waals surface area contributed by atoms with Crippen molar-refractivity contribution in [3.8, 4) is 10.8 Å². The predicted molar refractivity (Wildman–Crippen MR) is 85.2 cm³/mol. The van der Waals surface area contributed by atoms with Crippen LogP contribution in [0, 0.1) is 0 Å². The number of hydrogen-bond acceptors (Lipinski definition) is 5. The molecule has 0 radical (unpaired) electrons. The zero-order valence-electron chi connectivity index (χ0n) is 10.9. The van der Waals surface area contributed by atoms with E-state index in [0.717, 1.165) is 18.0 Å². The minimum Gasteiger partial charge on any atom is -0.462 e. The van der Waals surface area contributed by atoms with Crippen molar-refractivity contribution < 1.29 is 9.21 Å². The molecule has 0 spiro atoms. The molecule has 0 saturated carbocycles. The van der Waals surface area contributed by atoms with E-state index < -0.39 is 0 Å². The van der Waals surface area contributed by atoms with Crippen LogP contribution in [-0.2, 0) is 0 Å². The summed E-state index contributed by atoms with van der Waals surface area (Å²) < 4.78 is 5.23. The maximum absolute atomic E-state index is 11.8. The Kier molecular flexibility index (Phi) is 9.24. The van der Waals surface area contributed by atoms with Gasteiger partial charge in [0.1, 0.15) is 4.88 Å². The van der Waals surface area contributed by atoms with E-state index in [1.807, 2.05) is 13.1 Å². The lowest BCUT2D eigenvalue weighted by Crippen LogP contribution is -2.25. The molecule has 5 nitrogen and oxygen atoms in total. The van der Waals surface area contributed by atoms with E-state index in [1.165, 1.54) is 11.3 Å². The molecule has 0 bridgehead atoms. The summed E-state index contributed by atoms with van der Waals surface area (Å²) >= 11 is 1.33. The zero-order chi connectivity index (χ0) is 12.8. The molecule has 0 aliphatic heterocycles. The molecule has 2 rings (SSSR count). The molecule has 0 aliphatic rings. The molecule has 0 aromatic carbocycles. The standard InChI is InChI=1S/C12H15N3O2S.2ClH/c1-13-5-3-6-14-11(16)10-8-15-12(18-10)9-4-2-7-17-9;;/h2,4,7-8,13H,3,5-6H2,1H3,(H,14,16);2*1H. The number of furan rings is 1. The lowest BCUT2D eigenvalue weighted by Gasteiger charge is -2.02. The molecule has 20 heavy (non-hydrogen) atoms. The molecule has 112 valence electrons. The third kappa shape index (κ3) is 5.13. The van der Waals surface area contributed by atoms with Gasteiger partial charge in [-0.15, -0.1) is 36.2 Å². The summed E-state index contributed by atoms with van der Waals surface area (Å²) in [6.07, 6.45) is 4.08. The van der Waals surface area contributed by atoms with Crippen molar-refractivity contribution in [2.45, 2.75) is 6.42 Å². The number of amides is 1. The molecule has 0 aliphatic carbocycles. The van der Waals surface area contributed by atoms with Gasteiger partial charge in [-0.05, 0) is 32.1 Å². The predicted octanol–water partition coefficient (Wildman–Crippen LogP) is 2.59. The molecule has 2 heterocycles. The number of nitrogens with zero attached hydrogens (tertiary/aromatic N) is 1. The van der Waals surface area contributed by atoms with E-state index in [-0.39, 0.29) is 30.7 Å². The molecule has 8 heteroatoms. The van der Waals surface area contributed by atoms with E-state index in [1.54, 1.807) is 18.5 Å². The van der Waals surface area contributed by atoms with E-state index >= 15 is 0 Å². The Balaban J connectivity index is 0.00000180. The second kappa shape index (κ2) is 9.77. The average Bonchev–Trinajstić information content (AvgIpc) is 3.03. The maximum atomic E-state index is 11.8. The van der Waals surface area contributed by atoms with Crippen LogP contribution >= 0.6 is 36.2 Å². The van der Waals surface area contributed by atoms with Gasteiger partial charge in [0.15, 0.2) is 10.8 Å². The SMILES string of the molecule is CNCCCNC(=O)c1cnc(-c2ccco2)s1.Cl.Cl. The lowest BCUT2D eigenvalue weighted by atomic mass is 10.4. The Bertz CT molecular complexity index is 503. The quantitative estimate of drug-likeness (QED) is 0.795. The maximum Gasteiger partial charge on any atom is 0.263 e. The molecular weight excluding hydrogens is 321 g/mol. The minimum atomic E-state index is -0.0820. The van der Waals surface area contributed by atoms with E-state index in [9.17, 15) is 4.79 Å². The first-order valence-corrected chi connectivity index (χ1v) is 6.55. The summed E-state index contributed by atoms with van der Waals surface area (Å²) in [7, 11) is 1.89. The topological polar surface area (TPSA) is 67.2 Å². The number of carbonyl (C=O) groups is 1.